The Morgan fingerprint density at radius 3 is 2.67 bits per heavy atom. The third-order valence-electron chi connectivity index (χ3n) is 10.7. The van der Waals surface area contributed by atoms with Crippen LogP contribution in [0, 0.1) is 5.92 Å². The van der Waals surface area contributed by atoms with Gasteiger partial charge in [-0.15, -0.1) is 0 Å². The number of aliphatic hydroxyl groups excluding tert-OH is 1. The Morgan fingerprint density at radius 2 is 1.84 bits per heavy atom. The molecule has 3 fully saturated rings. The summed E-state index contributed by atoms with van der Waals surface area (Å²) >= 11 is 0. The van der Waals surface area contributed by atoms with Crippen molar-refractivity contribution in [3.05, 3.63) is 105 Å². The van der Waals surface area contributed by atoms with Crippen molar-refractivity contribution < 1.29 is 29.3 Å². The zero-order valence-electron chi connectivity index (χ0n) is 28.7. The zero-order valence-corrected chi connectivity index (χ0v) is 28.7. The van der Waals surface area contributed by atoms with Gasteiger partial charge in [0.05, 0.1) is 18.2 Å². The second-order valence-electron chi connectivity index (χ2n) is 14.0. The largest absolute Gasteiger partial charge is 0.506 e. The molecule has 1 amide bonds. The number of ether oxygens (including phenoxy) is 2. The number of pyridine rings is 1. The molecule has 4 aromatic rings. The first kappa shape index (κ1) is 34.7. The Kier molecular flexibility index (Phi) is 10.4. The molecular formula is C40H46N4O7. The molecule has 1 aromatic heterocycles. The van der Waals surface area contributed by atoms with Gasteiger partial charge in [-0.1, -0.05) is 36.4 Å². The van der Waals surface area contributed by atoms with Gasteiger partial charge in [0.25, 0.3) is 5.91 Å². The van der Waals surface area contributed by atoms with Crippen LogP contribution < -0.4 is 20.9 Å². The van der Waals surface area contributed by atoms with Crippen LogP contribution in [0.15, 0.2) is 77.6 Å². The van der Waals surface area contributed by atoms with Gasteiger partial charge < -0.3 is 35.3 Å². The van der Waals surface area contributed by atoms with Crippen molar-refractivity contribution in [2.75, 3.05) is 39.3 Å². The molecule has 4 heterocycles. The number of H-pyrrole nitrogens is 1. The normalized spacial score (nSPS) is 22.7. The smallest absolute Gasteiger partial charge is 0.336 e. The number of nitrogens with one attached hydrogen (secondary N) is 3. The van der Waals surface area contributed by atoms with Crippen molar-refractivity contribution in [1.29, 1.82) is 0 Å². The van der Waals surface area contributed by atoms with Crippen LogP contribution in [0.25, 0.3) is 10.9 Å². The lowest BCUT2D eigenvalue weighted by atomic mass is 9.85. The first-order valence-electron chi connectivity index (χ1n) is 18.1. The van der Waals surface area contributed by atoms with Crippen molar-refractivity contribution in [2.24, 2.45) is 5.92 Å². The molecular weight excluding hydrogens is 648 g/mol. The molecule has 11 nitrogen and oxygen atoms in total. The molecule has 2 unspecified atom stereocenters. The highest BCUT2D eigenvalue weighted by Crippen LogP contribution is 2.40. The third-order valence-corrected chi connectivity index (χ3v) is 10.7. The highest BCUT2D eigenvalue weighted by molar-refractivity contribution is 5.99. The maximum atomic E-state index is 14.0. The number of aryl methyl sites for hydroxylation is 1. The molecule has 3 aliphatic heterocycles. The van der Waals surface area contributed by atoms with Gasteiger partial charge in [0.1, 0.15) is 17.6 Å². The van der Waals surface area contributed by atoms with Gasteiger partial charge in [-0.3, -0.25) is 14.5 Å². The summed E-state index contributed by atoms with van der Waals surface area (Å²) in [6, 6.07) is 21.0. The molecule has 0 saturated carbocycles. The highest BCUT2D eigenvalue weighted by Gasteiger charge is 2.50. The number of aliphatic hydroxyl groups is 1. The lowest BCUT2D eigenvalue weighted by Crippen LogP contribution is -2.56. The predicted octanol–water partition coefficient (Wildman–Crippen LogP) is 4.31. The van der Waals surface area contributed by atoms with E-state index in [0.29, 0.717) is 66.2 Å². The van der Waals surface area contributed by atoms with Crippen molar-refractivity contribution in [3.8, 4) is 11.5 Å². The molecule has 8 rings (SSSR count). The van der Waals surface area contributed by atoms with E-state index in [0.717, 1.165) is 62.9 Å². The topological polar surface area (TPSA) is 153 Å². The van der Waals surface area contributed by atoms with E-state index in [1.54, 1.807) is 30.3 Å². The van der Waals surface area contributed by atoms with E-state index in [4.69, 9.17) is 9.47 Å². The van der Waals surface area contributed by atoms with Gasteiger partial charge in [-0.2, -0.15) is 0 Å². The van der Waals surface area contributed by atoms with Crippen LogP contribution >= 0.6 is 0 Å². The number of carbonyl (C=O) groups is 2. The van der Waals surface area contributed by atoms with Crippen molar-refractivity contribution in [1.82, 2.24) is 20.5 Å². The molecule has 268 valence electrons. The number of phenolic OH excluding ortho intramolecular Hbond substituents is 1. The number of nitrogens with zero attached hydrogens (tertiary/aromatic N) is 1. The van der Waals surface area contributed by atoms with Gasteiger partial charge in [0.2, 0.25) is 5.56 Å². The predicted molar refractivity (Wildman–Crippen MR) is 193 cm³/mol. The molecule has 3 aromatic carbocycles. The third kappa shape index (κ3) is 7.51. The minimum atomic E-state index is -1.24. The summed E-state index contributed by atoms with van der Waals surface area (Å²) < 4.78 is 12.2. The minimum Gasteiger partial charge on any atom is -0.506 e. The molecule has 51 heavy (non-hydrogen) atoms. The van der Waals surface area contributed by atoms with E-state index in [9.17, 15) is 24.6 Å². The molecule has 0 radical (unpaired) electrons. The standard InChI is InChI=1S/C40H46N4O7/c45-33-13-11-30(31-12-14-36(47)42-37(31)33)34(46)24-41-19-4-1-5-22-50-29-9-6-8-28(23-29)38(48)43-40(18-15-26-7-2-3-10-32(26)40)39(49)51-35-25-44-20-16-27(35)17-21-44/h2-3,6-14,23,27,34-35,41,45-46H,1,4-5,15-22,24-25H2,(H,42,47)(H,43,48)/t34?,35-,40?/m0/s1. The summed E-state index contributed by atoms with van der Waals surface area (Å²) in [7, 11) is 0. The number of hydrogen-bond donors (Lipinski definition) is 5. The van der Waals surface area contributed by atoms with Crippen LogP contribution in [-0.2, 0) is 21.5 Å². The van der Waals surface area contributed by atoms with Crippen LogP contribution in [-0.4, -0.2) is 77.4 Å². The van der Waals surface area contributed by atoms with Crippen LogP contribution in [0.1, 0.15) is 71.7 Å². The summed E-state index contributed by atoms with van der Waals surface area (Å²) in [6.07, 6.45) is 4.84. The Labute approximate surface area is 297 Å². The SMILES string of the molecule is O=C(NC1(C(=O)O[C@H]2CN3CCC2CC3)CCc2ccccc21)c1cccc(OCCCCCNCC(O)c2ccc(O)c3[nH]c(=O)ccc23)c1. The van der Waals surface area contributed by atoms with Crippen LogP contribution in [0.3, 0.4) is 0 Å². The molecule has 3 saturated heterocycles. The number of phenols is 1. The monoisotopic (exact) mass is 694 g/mol. The molecule has 2 bridgehead atoms. The fraction of sp³-hybridized carbons (Fsp3) is 0.425. The molecule has 3 atom stereocenters. The van der Waals surface area contributed by atoms with E-state index in [-0.39, 0.29) is 29.3 Å². The van der Waals surface area contributed by atoms with Crippen molar-refractivity contribution in [3.63, 3.8) is 0 Å². The number of unbranched alkanes of at least 4 members (excludes halogenated alkanes) is 2. The van der Waals surface area contributed by atoms with Gasteiger partial charge in [0, 0.05) is 30.1 Å². The van der Waals surface area contributed by atoms with Crippen LogP contribution in [0.5, 0.6) is 11.5 Å². The number of aromatic nitrogens is 1. The summed E-state index contributed by atoms with van der Waals surface area (Å²) in [5, 5.41) is 27.8. The number of fused-ring (bicyclic) bond motifs is 5. The van der Waals surface area contributed by atoms with Crippen molar-refractivity contribution in [2.45, 2.75) is 62.7 Å². The molecule has 11 heteroatoms. The fourth-order valence-corrected chi connectivity index (χ4v) is 7.90. The molecule has 5 N–H and O–H groups in total. The molecule has 4 aliphatic rings. The number of hydrogen-bond acceptors (Lipinski definition) is 9. The fourth-order valence-electron chi connectivity index (χ4n) is 7.90. The minimum absolute atomic E-state index is 0.0379. The Bertz CT molecular complexity index is 1940. The lowest BCUT2D eigenvalue weighted by Gasteiger charge is -2.45. The second kappa shape index (κ2) is 15.3. The number of aromatic hydroxyl groups is 1. The van der Waals surface area contributed by atoms with E-state index >= 15 is 0 Å². The number of carbonyl (C=O) groups excluding carboxylic acids is 2. The Balaban J connectivity index is 0.889. The number of amides is 1. The first-order chi connectivity index (χ1) is 24.8. The van der Waals surface area contributed by atoms with E-state index in [1.807, 2.05) is 30.3 Å². The Hall–Kier alpha value is -4.71. The van der Waals surface area contributed by atoms with Gasteiger partial charge in [0.15, 0.2) is 5.54 Å². The van der Waals surface area contributed by atoms with E-state index in [1.165, 1.54) is 12.1 Å². The number of piperidine rings is 3. The number of esters is 1. The Morgan fingerprint density at radius 1 is 1.00 bits per heavy atom. The zero-order chi connectivity index (χ0) is 35.4. The number of rotatable bonds is 14. The number of benzene rings is 3. The first-order valence-corrected chi connectivity index (χ1v) is 18.1. The number of aromatic amines is 1. The van der Waals surface area contributed by atoms with Crippen LogP contribution in [0.4, 0.5) is 0 Å². The van der Waals surface area contributed by atoms with Gasteiger partial charge in [-0.05, 0) is 118 Å². The average molecular weight is 695 g/mol. The van der Waals surface area contributed by atoms with E-state index < -0.39 is 11.6 Å². The second-order valence-corrected chi connectivity index (χ2v) is 14.0. The molecule has 0 spiro atoms. The maximum Gasteiger partial charge on any atom is 0.336 e. The summed E-state index contributed by atoms with van der Waals surface area (Å²) in [4.78, 5) is 44.4. The highest BCUT2D eigenvalue weighted by atomic mass is 16.5. The summed E-state index contributed by atoms with van der Waals surface area (Å²) in [5.74, 6) is 0.201. The maximum absolute atomic E-state index is 14.0. The van der Waals surface area contributed by atoms with Crippen LogP contribution in [0.2, 0.25) is 0 Å². The van der Waals surface area contributed by atoms with Crippen molar-refractivity contribution >= 4 is 22.8 Å². The van der Waals surface area contributed by atoms with Gasteiger partial charge >= 0.3 is 5.97 Å². The quantitative estimate of drug-likeness (QED) is 0.0960. The lowest BCUT2D eigenvalue weighted by molar-refractivity contribution is -0.167. The summed E-state index contributed by atoms with van der Waals surface area (Å²) in [5.41, 5.74) is 1.67. The van der Waals surface area contributed by atoms with E-state index in [2.05, 4.69) is 20.5 Å². The summed E-state index contributed by atoms with van der Waals surface area (Å²) in [6.45, 7) is 4.37. The average Bonchev–Trinajstić information content (AvgIpc) is 3.53. The van der Waals surface area contributed by atoms with Gasteiger partial charge in [-0.25, -0.2) is 4.79 Å². The molecule has 1 aliphatic carbocycles.